The molecule has 2 aromatic heterocycles. The van der Waals surface area contributed by atoms with Crippen molar-refractivity contribution in [2.75, 3.05) is 5.73 Å². The van der Waals surface area contributed by atoms with Gasteiger partial charge in [-0.3, -0.25) is 4.79 Å². The number of aromatic hydroxyl groups is 2. The minimum absolute atomic E-state index is 0.0275. The monoisotopic (exact) mass is 495 g/mol. The Bertz CT molecular complexity index is 1610. The van der Waals surface area contributed by atoms with Gasteiger partial charge in [-0.2, -0.15) is 0 Å². The topological polar surface area (TPSA) is 126 Å². The molecule has 0 bridgehead atoms. The predicted octanol–water partition coefficient (Wildman–Crippen LogP) is 4.90. The molecule has 0 fully saturated rings. The first-order valence-corrected chi connectivity index (χ1v) is 12.4. The van der Waals surface area contributed by atoms with E-state index in [1.165, 1.54) is 18.2 Å². The van der Waals surface area contributed by atoms with E-state index in [2.05, 4.69) is 33.9 Å². The van der Waals surface area contributed by atoms with E-state index in [4.69, 9.17) is 10.7 Å². The highest BCUT2D eigenvalue weighted by atomic mass is 16.3. The van der Waals surface area contributed by atoms with Crippen LogP contribution in [-0.2, 0) is 19.5 Å². The summed E-state index contributed by atoms with van der Waals surface area (Å²) in [5, 5.41) is 23.5. The maximum absolute atomic E-state index is 12.6. The molecule has 0 aliphatic heterocycles. The van der Waals surface area contributed by atoms with Crippen molar-refractivity contribution in [3.63, 3.8) is 0 Å². The number of aryl methyl sites for hydroxylation is 1. The molecule has 0 atom stereocenters. The minimum atomic E-state index is -0.462. The van der Waals surface area contributed by atoms with Crippen molar-refractivity contribution < 1.29 is 15.0 Å². The summed E-state index contributed by atoms with van der Waals surface area (Å²) in [6.45, 7) is 3.03. The standard InChI is InChI=1S/C29H29N5O3/c1-2-3-14-24-33-25-26(20-10-4-5-12-22(20)32-28(25)30)34(24)17-19-9-6-8-18(15-19)16-31-29(37)21-11-7-13-23(35)27(21)36/h4-13,15,35-36H,2-3,14,16-17H2,1H3,(H2,30,32)(H,31,37). The average molecular weight is 496 g/mol. The first-order valence-electron chi connectivity index (χ1n) is 12.4. The molecule has 0 unspecified atom stereocenters. The second-order valence-electron chi connectivity index (χ2n) is 9.11. The Labute approximate surface area is 214 Å². The molecular formula is C29H29N5O3. The largest absolute Gasteiger partial charge is 0.504 e. The number of pyridine rings is 1. The fourth-order valence-corrected chi connectivity index (χ4v) is 4.61. The zero-order valence-corrected chi connectivity index (χ0v) is 20.6. The maximum Gasteiger partial charge on any atom is 0.255 e. The van der Waals surface area contributed by atoms with Gasteiger partial charge >= 0.3 is 0 Å². The van der Waals surface area contributed by atoms with Gasteiger partial charge in [0, 0.05) is 24.9 Å². The number of unbranched alkanes of at least 4 members (excludes halogenated alkanes) is 1. The van der Waals surface area contributed by atoms with E-state index in [0.717, 1.165) is 58.2 Å². The van der Waals surface area contributed by atoms with E-state index in [0.29, 0.717) is 12.4 Å². The van der Waals surface area contributed by atoms with E-state index in [1.54, 1.807) is 0 Å². The average Bonchev–Trinajstić information content (AvgIpc) is 3.26. The molecule has 8 nitrogen and oxygen atoms in total. The van der Waals surface area contributed by atoms with Gasteiger partial charge in [0.2, 0.25) is 0 Å². The molecule has 2 heterocycles. The molecule has 3 aromatic carbocycles. The molecule has 0 saturated heterocycles. The number of nitrogen functional groups attached to an aromatic ring is 1. The van der Waals surface area contributed by atoms with E-state index >= 15 is 0 Å². The number of amides is 1. The summed E-state index contributed by atoms with van der Waals surface area (Å²) in [4.78, 5) is 22.0. The van der Waals surface area contributed by atoms with Crippen molar-refractivity contribution in [2.45, 2.75) is 39.3 Å². The van der Waals surface area contributed by atoms with Crippen LogP contribution in [0.4, 0.5) is 5.82 Å². The Morgan fingerprint density at radius 1 is 1.00 bits per heavy atom. The first-order chi connectivity index (χ1) is 18.0. The zero-order valence-electron chi connectivity index (χ0n) is 20.6. The van der Waals surface area contributed by atoms with Gasteiger partial charge in [0.15, 0.2) is 17.3 Å². The Balaban J connectivity index is 1.46. The predicted molar refractivity (Wildman–Crippen MR) is 145 cm³/mol. The highest BCUT2D eigenvalue weighted by Crippen LogP contribution is 2.30. The number of imidazole rings is 1. The number of nitrogens with one attached hydrogen (secondary N) is 1. The lowest BCUT2D eigenvalue weighted by molar-refractivity contribution is 0.0947. The van der Waals surface area contributed by atoms with Crippen LogP contribution >= 0.6 is 0 Å². The molecule has 5 aromatic rings. The van der Waals surface area contributed by atoms with Crippen LogP contribution in [0, 0.1) is 0 Å². The molecule has 0 spiro atoms. The summed E-state index contributed by atoms with van der Waals surface area (Å²) in [5.74, 6) is 0.179. The number of rotatable bonds is 8. The van der Waals surface area contributed by atoms with Gasteiger partial charge in [-0.1, -0.05) is 61.9 Å². The Kier molecular flexibility index (Phi) is 6.64. The second kappa shape index (κ2) is 10.2. The molecule has 0 aliphatic carbocycles. The number of carbonyl (C=O) groups is 1. The number of aromatic nitrogens is 3. The molecule has 8 heteroatoms. The van der Waals surface area contributed by atoms with Gasteiger partial charge in [-0.25, -0.2) is 9.97 Å². The van der Waals surface area contributed by atoms with Crippen molar-refractivity contribution in [1.29, 1.82) is 0 Å². The number of phenols is 2. The third-order valence-corrected chi connectivity index (χ3v) is 6.49. The molecule has 0 saturated carbocycles. The number of para-hydroxylation sites is 2. The number of carbonyl (C=O) groups excluding carboxylic acids is 1. The molecule has 1 amide bonds. The lowest BCUT2D eigenvalue weighted by Gasteiger charge is -2.13. The summed E-state index contributed by atoms with van der Waals surface area (Å²) in [7, 11) is 0. The molecule has 188 valence electrons. The van der Waals surface area contributed by atoms with E-state index in [1.807, 2.05) is 36.4 Å². The number of phenolic OH excluding ortho intramolecular Hbond substituents is 2. The SMILES string of the molecule is CCCCc1nc2c(N)nc3ccccc3c2n1Cc1cccc(CNC(=O)c2cccc(O)c2O)c1. The third kappa shape index (κ3) is 4.78. The van der Waals surface area contributed by atoms with E-state index in [-0.39, 0.29) is 17.9 Å². The fourth-order valence-electron chi connectivity index (χ4n) is 4.61. The van der Waals surface area contributed by atoms with Crippen molar-refractivity contribution in [3.05, 3.63) is 89.2 Å². The molecule has 0 radical (unpaired) electrons. The number of hydrogen-bond donors (Lipinski definition) is 4. The summed E-state index contributed by atoms with van der Waals surface area (Å²) in [6, 6.07) is 20.3. The van der Waals surface area contributed by atoms with Gasteiger partial charge < -0.3 is 25.8 Å². The summed E-state index contributed by atoms with van der Waals surface area (Å²) in [6.07, 6.45) is 2.91. The number of nitrogens with zero attached hydrogens (tertiary/aromatic N) is 3. The van der Waals surface area contributed by atoms with Crippen LogP contribution in [0.5, 0.6) is 11.5 Å². The van der Waals surface area contributed by atoms with E-state index in [9.17, 15) is 15.0 Å². The van der Waals surface area contributed by atoms with Gasteiger partial charge in [0.05, 0.1) is 16.6 Å². The molecule has 37 heavy (non-hydrogen) atoms. The van der Waals surface area contributed by atoms with E-state index < -0.39 is 11.7 Å². The molecule has 5 rings (SSSR count). The van der Waals surface area contributed by atoms with Crippen LogP contribution in [0.1, 0.15) is 47.1 Å². The summed E-state index contributed by atoms with van der Waals surface area (Å²) < 4.78 is 2.23. The first kappa shape index (κ1) is 24.1. The van der Waals surface area contributed by atoms with Crippen LogP contribution in [0.2, 0.25) is 0 Å². The third-order valence-electron chi connectivity index (χ3n) is 6.49. The highest BCUT2D eigenvalue weighted by Gasteiger charge is 2.18. The molecular weight excluding hydrogens is 466 g/mol. The van der Waals surface area contributed by atoms with Gasteiger partial charge in [0.25, 0.3) is 5.91 Å². The van der Waals surface area contributed by atoms with Crippen LogP contribution < -0.4 is 11.1 Å². The molecule has 5 N–H and O–H groups in total. The smallest absolute Gasteiger partial charge is 0.255 e. The van der Waals surface area contributed by atoms with Gasteiger partial charge in [-0.05, 0) is 35.7 Å². The normalized spacial score (nSPS) is 11.3. The van der Waals surface area contributed by atoms with Crippen LogP contribution in [0.3, 0.4) is 0 Å². The van der Waals surface area contributed by atoms with Crippen LogP contribution in [0.15, 0.2) is 66.7 Å². The lowest BCUT2D eigenvalue weighted by atomic mass is 10.1. The van der Waals surface area contributed by atoms with Gasteiger partial charge in [0.1, 0.15) is 11.3 Å². The number of fused-ring (bicyclic) bond motifs is 3. The van der Waals surface area contributed by atoms with Crippen molar-refractivity contribution >= 4 is 33.7 Å². The Hall–Kier alpha value is -4.59. The number of hydrogen-bond acceptors (Lipinski definition) is 6. The lowest BCUT2D eigenvalue weighted by Crippen LogP contribution is -2.23. The number of nitrogens with two attached hydrogens (primary N) is 1. The quantitative estimate of drug-likeness (QED) is 0.227. The maximum atomic E-state index is 12.6. The van der Waals surface area contributed by atoms with Crippen molar-refractivity contribution in [1.82, 2.24) is 19.9 Å². The fraction of sp³-hybridized carbons (Fsp3) is 0.207. The number of anilines is 1. The molecule has 0 aliphatic rings. The highest BCUT2D eigenvalue weighted by molar-refractivity contribution is 6.06. The van der Waals surface area contributed by atoms with Gasteiger partial charge in [-0.15, -0.1) is 0 Å². The minimum Gasteiger partial charge on any atom is -0.504 e. The zero-order chi connectivity index (χ0) is 25.9. The Morgan fingerprint density at radius 3 is 2.62 bits per heavy atom. The summed E-state index contributed by atoms with van der Waals surface area (Å²) >= 11 is 0. The van der Waals surface area contributed by atoms with Crippen LogP contribution in [0.25, 0.3) is 21.9 Å². The number of benzene rings is 3. The summed E-state index contributed by atoms with van der Waals surface area (Å²) in [5.41, 5.74) is 10.9. The van der Waals surface area contributed by atoms with Crippen molar-refractivity contribution in [3.8, 4) is 11.5 Å². The van der Waals surface area contributed by atoms with Crippen molar-refractivity contribution in [2.24, 2.45) is 0 Å². The second-order valence-corrected chi connectivity index (χ2v) is 9.11. The van der Waals surface area contributed by atoms with Crippen LogP contribution in [-0.4, -0.2) is 30.7 Å². The Morgan fingerprint density at radius 2 is 1.78 bits per heavy atom.